The van der Waals surface area contributed by atoms with Crippen molar-refractivity contribution < 1.29 is 17.9 Å². The second-order valence-electron chi connectivity index (χ2n) is 4.54. The van der Waals surface area contributed by atoms with E-state index in [1.165, 1.54) is 18.2 Å². The number of ether oxygens (including phenoxy) is 1. The van der Waals surface area contributed by atoms with E-state index in [9.17, 15) is 13.2 Å². The van der Waals surface area contributed by atoms with Crippen LogP contribution in [0, 0.1) is 0 Å². The van der Waals surface area contributed by atoms with Crippen molar-refractivity contribution in [2.45, 2.75) is 11.3 Å². The predicted octanol–water partition coefficient (Wildman–Crippen LogP) is 4.85. The molecule has 0 saturated heterocycles. The Morgan fingerprint density at radius 2 is 1.82 bits per heavy atom. The quantitative estimate of drug-likeness (QED) is 0.700. The summed E-state index contributed by atoms with van der Waals surface area (Å²) in [6.45, 7) is 0. The van der Waals surface area contributed by atoms with Crippen LogP contribution in [0.25, 0.3) is 22.4 Å². The maximum Gasteiger partial charge on any atom is 0.573 e. The van der Waals surface area contributed by atoms with Crippen LogP contribution in [-0.4, -0.2) is 22.6 Å². The summed E-state index contributed by atoms with van der Waals surface area (Å²) in [6, 6.07) is 11.8. The smallest absolute Gasteiger partial charge is 0.406 e. The Hall–Kier alpha value is -2.15. The van der Waals surface area contributed by atoms with E-state index in [1.807, 2.05) is 30.5 Å². The first-order chi connectivity index (χ1) is 10.4. The molecule has 0 fully saturated rings. The van der Waals surface area contributed by atoms with E-state index in [1.54, 1.807) is 11.8 Å². The second kappa shape index (κ2) is 5.57. The van der Waals surface area contributed by atoms with E-state index >= 15 is 0 Å². The highest BCUT2D eigenvalue weighted by Gasteiger charge is 2.31. The molecule has 0 aliphatic carbocycles. The number of halogens is 3. The number of nitrogens with one attached hydrogen (secondary N) is 1. The van der Waals surface area contributed by atoms with E-state index < -0.39 is 6.36 Å². The highest BCUT2D eigenvalue weighted by molar-refractivity contribution is 7.98. The van der Waals surface area contributed by atoms with Gasteiger partial charge < -0.3 is 9.72 Å². The van der Waals surface area contributed by atoms with Crippen LogP contribution in [-0.2, 0) is 0 Å². The van der Waals surface area contributed by atoms with Crippen molar-refractivity contribution in [1.29, 1.82) is 0 Å². The fourth-order valence-corrected chi connectivity index (χ4v) is 2.48. The predicted molar refractivity (Wildman–Crippen MR) is 80.0 cm³/mol. The minimum Gasteiger partial charge on any atom is -0.406 e. The zero-order chi connectivity index (χ0) is 15.7. The van der Waals surface area contributed by atoms with Crippen LogP contribution in [0.3, 0.4) is 0 Å². The fraction of sp³-hybridized carbons (Fsp3) is 0.133. The molecule has 0 amide bonds. The van der Waals surface area contributed by atoms with Crippen LogP contribution in [0.4, 0.5) is 13.2 Å². The van der Waals surface area contributed by atoms with Crippen LogP contribution < -0.4 is 4.74 Å². The van der Waals surface area contributed by atoms with Gasteiger partial charge in [0.15, 0.2) is 0 Å². The van der Waals surface area contributed by atoms with Gasteiger partial charge in [0.1, 0.15) is 11.6 Å². The summed E-state index contributed by atoms with van der Waals surface area (Å²) in [7, 11) is 0. The summed E-state index contributed by atoms with van der Waals surface area (Å²) in [5.74, 6) is 0.322. The third-order valence-electron chi connectivity index (χ3n) is 3.05. The summed E-state index contributed by atoms with van der Waals surface area (Å²) >= 11 is 1.63. The molecular weight excluding hydrogens is 313 g/mol. The number of imidazole rings is 1. The van der Waals surface area contributed by atoms with Crippen molar-refractivity contribution in [2.75, 3.05) is 6.26 Å². The normalized spacial score (nSPS) is 11.8. The number of nitrogens with zero attached hydrogens (tertiary/aromatic N) is 1. The van der Waals surface area contributed by atoms with Crippen LogP contribution in [0.15, 0.2) is 47.4 Å². The Labute approximate surface area is 128 Å². The SMILES string of the molecule is CSc1ccc(-c2nc3cc(OC(F)(F)F)ccc3[nH]2)cc1. The molecule has 1 N–H and O–H groups in total. The second-order valence-corrected chi connectivity index (χ2v) is 5.42. The number of thioether (sulfide) groups is 1. The minimum absolute atomic E-state index is 0.282. The molecule has 2 aromatic carbocycles. The molecule has 1 heterocycles. The van der Waals surface area contributed by atoms with Gasteiger partial charge in [0, 0.05) is 16.5 Å². The van der Waals surface area contributed by atoms with Gasteiger partial charge >= 0.3 is 6.36 Å². The van der Waals surface area contributed by atoms with E-state index in [2.05, 4.69) is 14.7 Å². The molecule has 114 valence electrons. The van der Waals surface area contributed by atoms with Crippen molar-refractivity contribution in [2.24, 2.45) is 0 Å². The zero-order valence-electron chi connectivity index (χ0n) is 11.4. The van der Waals surface area contributed by atoms with Crippen LogP contribution in [0.1, 0.15) is 0 Å². The van der Waals surface area contributed by atoms with E-state index in [0.29, 0.717) is 16.9 Å². The highest BCUT2D eigenvalue weighted by Crippen LogP contribution is 2.28. The first kappa shape index (κ1) is 14.8. The summed E-state index contributed by atoms with van der Waals surface area (Å²) in [5, 5.41) is 0. The summed E-state index contributed by atoms with van der Waals surface area (Å²) in [4.78, 5) is 8.53. The molecule has 0 saturated carbocycles. The maximum atomic E-state index is 12.2. The van der Waals surface area contributed by atoms with Crippen molar-refractivity contribution in [3.8, 4) is 17.1 Å². The molecule has 7 heteroatoms. The third-order valence-corrected chi connectivity index (χ3v) is 3.80. The summed E-state index contributed by atoms with van der Waals surface area (Å²) in [6.07, 6.45) is -2.72. The van der Waals surface area contributed by atoms with Crippen LogP contribution >= 0.6 is 11.8 Å². The number of fused-ring (bicyclic) bond motifs is 1. The number of benzene rings is 2. The molecule has 3 rings (SSSR count). The van der Waals surface area contributed by atoms with Crippen molar-refractivity contribution in [3.05, 3.63) is 42.5 Å². The lowest BCUT2D eigenvalue weighted by molar-refractivity contribution is -0.274. The molecule has 0 bridgehead atoms. The van der Waals surface area contributed by atoms with E-state index in [-0.39, 0.29) is 5.75 Å². The molecule has 1 aromatic heterocycles. The highest BCUT2D eigenvalue weighted by atomic mass is 32.2. The van der Waals surface area contributed by atoms with E-state index in [4.69, 9.17) is 0 Å². The van der Waals surface area contributed by atoms with Gasteiger partial charge in [0.05, 0.1) is 11.0 Å². The summed E-state index contributed by atoms with van der Waals surface area (Å²) in [5.41, 5.74) is 1.94. The Morgan fingerprint density at radius 1 is 1.09 bits per heavy atom. The first-order valence-electron chi connectivity index (χ1n) is 6.34. The van der Waals surface area contributed by atoms with Crippen molar-refractivity contribution >= 4 is 22.8 Å². The zero-order valence-corrected chi connectivity index (χ0v) is 12.3. The Kier molecular flexibility index (Phi) is 3.74. The number of aromatic amines is 1. The molecule has 3 aromatic rings. The van der Waals surface area contributed by atoms with Gasteiger partial charge in [-0.05, 0) is 30.5 Å². The maximum absolute atomic E-state index is 12.2. The molecule has 0 aliphatic rings. The van der Waals surface area contributed by atoms with Crippen LogP contribution in [0.2, 0.25) is 0 Å². The van der Waals surface area contributed by atoms with Gasteiger partial charge in [-0.3, -0.25) is 0 Å². The monoisotopic (exact) mass is 324 g/mol. The van der Waals surface area contributed by atoms with Crippen molar-refractivity contribution in [3.63, 3.8) is 0 Å². The molecule has 0 spiro atoms. The molecule has 0 radical (unpaired) electrons. The minimum atomic E-state index is -4.71. The van der Waals surface area contributed by atoms with Gasteiger partial charge in [0.2, 0.25) is 0 Å². The standard InChI is InChI=1S/C15H11F3N2OS/c1-22-11-5-2-9(3-6-11)14-19-12-7-4-10(8-13(12)20-14)21-15(16,17)18/h2-8H,1H3,(H,19,20). The molecule has 0 aliphatic heterocycles. The molecule has 3 nitrogen and oxygen atoms in total. The number of aromatic nitrogens is 2. The van der Waals surface area contributed by atoms with Crippen LogP contribution in [0.5, 0.6) is 5.75 Å². The van der Waals surface area contributed by atoms with Gasteiger partial charge in [-0.2, -0.15) is 0 Å². The molecule has 22 heavy (non-hydrogen) atoms. The third kappa shape index (κ3) is 3.19. The summed E-state index contributed by atoms with van der Waals surface area (Å²) < 4.78 is 40.6. The fourth-order valence-electron chi connectivity index (χ4n) is 2.07. The largest absolute Gasteiger partial charge is 0.573 e. The topological polar surface area (TPSA) is 37.9 Å². The lowest BCUT2D eigenvalue weighted by Gasteiger charge is -2.07. The van der Waals surface area contributed by atoms with Gasteiger partial charge in [-0.25, -0.2) is 4.98 Å². The number of hydrogen-bond donors (Lipinski definition) is 1. The number of hydrogen-bond acceptors (Lipinski definition) is 3. The van der Waals surface area contributed by atoms with Gasteiger partial charge in [0.25, 0.3) is 0 Å². The molecular formula is C15H11F3N2OS. The first-order valence-corrected chi connectivity index (χ1v) is 7.57. The Balaban J connectivity index is 1.95. The van der Waals surface area contributed by atoms with Gasteiger partial charge in [-0.15, -0.1) is 24.9 Å². The Morgan fingerprint density at radius 3 is 2.45 bits per heavy atom. The van der Waals surface area contributed by atoms with E-state index in [0.717, 1.165) is 10.5 Å². The number of rotatable bonds is 3. The number of alkyl halides is 3. The number of H-pyrrole nitrogens is 1. The average Bonchev–Trinajstić information content (AvgIpc) is 2.89. The lowest BCUT2D eigenvalue weighted by atomic mass is 10.2. The Bertz CT molecular complexity index is 797. The molecule has 0 unspecified atom stereocenters. The lowest BCUT2D eigenvalue weighted by Crippen LogP contribution is -2.16. The van der Waals surface area contributed by atoms with Gasteiger partial charge in [-0.1, -0.05) is 12.1 Å². The van der Waals surface area contributed by atoms with Crippen molar-refractivity contribution in [1.82, 2.24) is 9.97 Å². The average molecular weight is 324 g/mol. The molecule has 0 atom stereocenters.